The maximum atomic E-state index is 6.52. The predicted octanol–water partition coefficient (Wildman–Crippen LogP) is 2.59. The molecular weight excluding hydrogens is 96.1 g/mol. The van der Waals surface area contributed by atoms with Gasteiger partial charge in [0.25, 0.3) is 0 Å². The molecule has 0 aromatic rings. The van der Waals surface area contributed by atoms with E-state index in [1.54, 1.807) is 0 Å². The van der Waals surface area contributed by atoms with E-state index >= 15 is 0 Å². The SMILES string of the molecule is [2H]C#CCCCCCC. The Morgan fingerprint density at radius 1 is 1.50 bits per heavy atom. The first kappa shape index (κ1) is 5.69. The van der Waals surface area contributed by atoms with Crippen molar-refractivity contribution in [2.45, 2.75) is 39.0 Å². The summed E-state index contributed by atoms with van der Waals surface area (Å²) in [5, 5.41) is 0. The molecule has 0 aliphatic heterocycles. The zero-order chi connectivity index (χ0) is 6.95. The lowest BCUT2D eigenvalue weighted by molar-refractivity contribution is 0.680. The van der Waals surface area contributed by atoms with E-state index in [0.29, 0.717) is 0 Å². The Kier molecular flexibility index (Phi) is 4.67. The van der Waals surface area contributed by atoms with Crippen LogP contribution in [0.15, 0.2) is 0 Å². The van der Waals surface area contributed by atoms with Crippen molar-refractivity contribution in [3.8, 4) is 12.3 Å². The maximum absolute atomic E-state index is 6.52. The first-order chi connectivity index (χ1) is 4.41. The molecule has 46 valence electrons. The van der Waals surface area contributed by atoms with Gasteiger partial charge in [-0.2, -0.15) is 0 Å². The highest BCUT2D eigenvalue weighted by atomic mass is 13.9. The Bertz CT molecular complexity index is 96.9. The van der Waals surface area contributed by atoms with Gasteiger partial charge in [0.2, 0.25) is 0 Å². The Balaban J connectivity index is 2.80. The highest BCUT2D eigenvalue weighted by molar-refractivity contribution is 4.82. The van der Waals surface area contributed by atoms with Gasteiger partial charge in [0.1, 0.15) is 1.37 Å². The van der Waals surface area contributed by atoms with Crippen molar-refractivity contribution >= 4 is 0 Å². The molecule has 0 heterocycles. The summed E-state index contributed by atoms with van der Waals surface area (Å²) in [4.78, 5) is 0. The summed E-state index contributed by atoms with van der Waals surface area (Å²) in [6.07, 6.45) is 8.06. The van der Waals surface area contributed by atoms with Crippen LogP contribution >= 0.6 is 0 Å². The van der Waals surface area contributed by atoms with Crippen LogP contribution in [0.1, 0.15) is 40.4 Å². The molecule has 0 amide bonds. The number of terminal acetylenes is 1. The normalized spacial score (nSPS) is 9.38. The van der Waals surface area contributed by atoms with Gasteiger partial charge in [-0.25, -0.2) is 0 Å². The van der Waals surface area contributed by atoms with Crippen LogP contribution in [-0.2, 0) is 0 Å². The lowest BCUT2D eigenvalue weighted by Gasteiger charge is -1.90. The second kappa shape index (κ2) is 6.56. The first-order valence-electron chi connectivity index (χ1n) is 3.81. The topological polar surface area (TPSA) is 0 Å². The van der Waals surface area contributed by atoms with Crippen LogP contribution in [0, 0.1) is 12.3 Å². The molecule has 0 bridgehead atoms. The minimum Gasteiger partial charge on any atom is -0.120 e. The van der Waals surface area contributed by atoms with Crippen molar-refractivity contribution in [1.82, 2.24) is 0 Å². The van der Waals surface area contributed by atoms with Gasteiger partial charge < -0.3 is 0 Å². The number of hydrogen-bond donors (Lipinski definition) is 0. The van der Waals surface area contributed by atoms with E-state index in [1.165, 1.54) is 25.7 Å². The second-order valence-corrected chi connectivity index (χ2v) is 1.99. The zero-order valence-corrected chi connectivity index (χ0v) is 5.54. The van der Waals surface area contributed by atoms with E-state index in [0.717, 1.165) is 6.42 Å². The molecule has 0 heteroatoms. The van der Waals surface area contributed by atoms with Crippen LogP contribution < -0.4 is 0 Å². The zero-order valence-electron chi connectivity index (χ0n) is 6.54. The molecule has 0 spiro atoms. The van der Waals surface area contributed by atoms with Crippen molar-refractivity contribution in [1.29, 1.82) is 0 Å². The summed E-state index contributed by atoms with van der Waals surface area (Å²) in [6.45, 7) is 2.19. The number of unbranched alkanes of at least 4 members (excludes halogenated alkanes) is 4. The van der Waals surface area contributed by atoms with Gasteiger partial charge in [-0.05, 0) is 6.42 Å². The smallest absolute Gasteiger partial charge is 0.120 e. The summed E-state index contributed by atoms with van der Waals surface area (Å²) in [5.41, 5.74) is 0. The third kappa shape index (κ3) is 5.56. The van der Waals surface area contributed by atoms with Crippen molar-refractivity contribution in [3.05, 3.63) is 0 Å². The van der Waals surface area contributed by atoms with E-state index in [1.807, 2.05) is 0 Å². The van der Waals surface area contributed by atoms with Crippen LogP contribution in [0.2, 0.25) is 0 Å². The summed E-state index contributed by atoms with van der Waals surface area (Å²) >= 11 is 0. The summed E-state index contributed by atoms with van der Waals surface area (Å²) < 4.78 is 6.52. The highest BCUT2D eigenvalue weighted by Gasteiger charge is 1.81. The summed E-state index contributed by atoms with van der Waals surface area (Å²) in [6, 6.07) is 0. The molecule has 0 aliphatic rings. The molecule has 0 unspecified atom stereocenters. The van der Waals surface area contributed by atoms with Crippen LogP contribution in [0.5, 0.6) is 0 Å². The van der Waals surface area contributed by atoms with Gasteiger partial charge in [0, 0.05) is 6.42 Å². The molecule has 0 saturated heterocycles. The molecule has 0 N–H and O–H groups in total. The van der Waals surface area contributed by atoms with E-state index in [-0.39, 0.29) is 0 Å². The molecule has 0 aromatic heterocycles. The third-order valence-corrected chi connectivity index (χ3v) is 1.16. The lowest BCUT2D eigenvalue weighted by atomic mass is 10.2. The fraction of sp³-hybridized carbons (Fsp3) is 0.750. The largest absolute Gasteiger partial charge is 0.124 e. The Morgan fingerprint density at radius 3 is 3.00 bits per heavy atom. The molecule has 0 aromatic carbocycles. The molecule has 0 atom stereocenters. The highest BCUT2D eigenvalue weighted by Crippen LogP contribution is 2.00. The number of hydrogen-bond acceptors (Lipinski definition) is 0. The molecule has 0 aliphatic carbocycles. The summed E-state index contributed by atoms with van der Waals surface area (Å²) in [5.74, 6) is 2.72. The molecule has 0 radical (unpaired) electrons. The monoisotopic (exact) mass is 111 g/mol. The van der Waals surface area contributed by atoms with E-state index < -0.39 is 0 Å². The quantitative estimate of drug-likeness (QED) is 0.386. The van der Waals surface area contributed by atoms with Gasteiger partial charge in [0.15, 0.2) is 0 Å². The van der Waals surface area contributed by atoms with Gasteiger partial charge >= 0.3 is 0 Å². The molecule has 8 heavy (non-hydrogen) atoms. The third-order valence-electron chi connectivity index (χ3n) is 1.16. The minimum absolute atomic E-state index is 0.906. The maximum Gasteiger partial charge on any atom is 0.124 e. The van der Waals surface area contributed by atoms with Crippen molar-refractivity contribution < 1.29 is 1.37 Å². The van der Waals surface area contributed by atoms with Crippen LogP contribution in [0.3, 0.4) is 0 Å². The number of rotatable bonds is 4. The van der Waals surface area contributed by atoms with Crippen LogP contribution in [-0.4, -0.2) is 0 Å². The summed E-state index contributed by atoms with van der Waals surface area (Å²) in [7, 11) is 0. The van der Waals surface area contributed by atoms with E-state index in [2.05, 4.69) is 19.2 Å². The van der Waals surface area contributed by atoms with Gasteiger partial charge in [-0.15, -0.1) is 12.3 Å². The molecule has 0 saturated carbocycles. The fourth-order valence-corrected chi connectivity index (χ4v) is 0.640. The predicted molar refractivity (Wildman–Crippen MR) is 37.6 cm³/mol. The Morgan fingerprint density at radius 2 is 2.38 bits per heavy atom. The van der Waals surface area contributed by atoms with Crippen molar-refractivity contribution in [2.24, 2.45) is 0 Å². The average Bonchev–Trinajstić information content (AvgIpc) is 1.89. The Hall–Kier alpha value is -0.440. The van der Waals surface area contributed by atoms with Gasteiger partial charge in [-0.1, -0.05) is 26.2 Å². The second-order valence-electron chi connectivity index (χ2n) is 1.99. The molecular formula is C8H14. The molecule has 0 fully saturated rings. The molecule has 0 nitrogen and oxygen atoms in total. The van der Waals surface area contributed by atoms with Gasteiger partial charge in [0.05, 0.1) is 0 Å². The van der Waals surface area contributed by atoms with Crippen molar-refractivity contribution in [2.75, 3.05) is 0 Å². The van der Waals surface area contributed by atoms with Crippen molar-refractivity contribution in [3.63, 3.8) is 0 Å². The first-order valence-corrected chi connectivity index (χ1v) is 3.31. The average molecular weight is 111 g/mol. The Labute approximate surface area is 53.7 Å². The van der Waals surface area contributed by atoms with E-state index in [4.69, 9.17) is 1.37 Å². The fourth-order valence-electron chi connectivity index (χ4n) is 0.640. The standard InChI is InChI=1S/C8H14/c1-3-5-7-8-6-4-2/h1H,4-8H2,2H3/i1D. The lowest BCUT2D eigenvalue weighted by Crippen LogP contribution is -1.72. The minimum atomic E-state index is 0.906. The molecule has 0 rings (SSSR count). The van der Waals surface area contributed by atoms with Crippen LogP contribution in [0.25, 0.3) is 0 Å². The van der Waals surface area contributed by atoms with Gasteiger partial charge in [-0.3, -0.25) is 0 Å². The van der Waals surface area contributed by atoms with E-state index in [9.17, 15) is 0 Å². The van der Waals surface area contributed by atoms with Crippen LogP contribution in [0.4, 0.5) is 0 Å².